The molecule has 0 saturated heterocycles. The first-order valence-electron chi connectivity index (χ1n) is 6.33. The molecule has 0 bridgehead atoms. The molecule has 0 aromatic heterocycles. The highest BCUT2D eigenvalue weighted by Crippen LogP contribution is 2.32. The number of ether oxygens (including phenoxy) is 1. The van der Waals surface area contributed by atoms with E-state index < -0.39 is 17.5 Å². The quantitative estimate of drug-likeness (QED) is 0.868. The minimum absolute atomic E-state index is 0.193. The molecule has 0 aliphatic heterocycles. The molecule has 1 aromatic carbocycles. The minimum atomic E-state index is -0.797. The van der Waals surface area contributed by atoms with Crippen LogP contribution >= 0.6 is 0 Å². The van der Waals surface area contributed by atoms with Gasteiger partial charge in [-0.3, -0.25) is 0 Å². The third-order valence-electron chi connectivity index (χ3n) is 3.45. The molecule has 1 aromatic rings. The summed E-state index contributed by atoms with van der Waals surface area (Å²) in [6, 6.07) is 4.05. The van der Waals surface area contributed by atoms with Gasteiger partial charge in [0.25, 0.3) is 0 Å². The number of aliphatic hydroxyl groups is 2. The van der Waals surface area contributed by atoms with Crippen LogP contribution < -0.4 is 4.74 Å². The Bertz CT molecular complexity index is 412. The molecular weight excluding hydrogens is 235 g/mol. The van der Waals surface area contributed by atoms with Crippen molar-refractivity contribution in [1.82, 2.24) is 0 Å². The fraction of sp³-hybridized carbons (Fsp3) is 0.571. The number of rotatable bonds is 4. The summed E-state index contributed by atoms with van der Waals surface area (Å²) in [7, 11) is 0. The molecule has 1 aliphatic rings. The Hall–Kier alpha value is -1.13. The summed E-state index contributed by atoms with van der Waals surface area (Å²) in [5.41, 5.74) is -0.360. The summed E-state index contributed by atoms with van der Waals surface area (Å²) in [4.78, 5) is 0. The third-order valence-corrected chi connectivity index (χ3v) is 3.45. The van der Waals surface area contributed by atoms with Crippen LogP contribution in [0.5, 0.6) is 5.75 Å². The van der Waals surface area contributed by atoms with Crippen LogP contribution in [0.25, 0.3) is 0 Å². The highest BCUT2D eigenvalue weighted by Gasteiger charge is 2.32. The molecule has 18 heavy (non-hydrogen) atoms. The first kappa shape index (κ1) is 13.3. The molecule has 1 saturated carbocycles. The molecular formula is C14H19FO3. The molecule has 1 unspecified atom stereocenters. The van der Waals surface area contributed by atoms with Crippen LogP contribution in [0, 0.1) is 5.82 Å². The smallest absolute Gasteiger partial charge is 0.125 e. The lowest BCUT2D eigenvalue weighted by Gasteiger charge is -2.23. The first-order chi connectivity index (χ1) is 8.50. The molecule has 3 nitrogen and oxygen atoms in total. The van der Waals surface area contributed by atoms with Crippen molar-refractivity contribution < 1.29 is 19.3 Å². The maximum Gasteiger partial charge on any atom is 0.125 e. The molecule has 1 fully saturated rings. The Labute approximate surface area is 106 Å². The van der Waals surface area contributed by atoms with Crippen molar-refractivity contribution in [1.29, 1.82) is 0 Å². The first-order valence-corrected chi connectivity index (χ1v) is 6.33. The fourth-order valence-electron chi connectivity index (χ4n) is 2.37. The predicted octanol–water partition coefficient (Wildman–Crippen LogP) is 2.56. The van der Waals surface area contributed by atoms with Gasteiger partial charge in [0.2, 0.25) is 0 Å². The maximum absolute atomic E-state index is 13.1. The molecule has 0 heterocycles. The van der Waals surface area contributed by atoms with Crippen LogP contribution in [0.2, 0.25) is 0 Å². The van der Waals surface area contributed by atoms with Gasteiger partial charge in [0, 0.05) is 5.56 Å². The number of aliphatic hydroxyl groups excluding tert-OH is 1. The zero-order valence-electron chi connectivity index (χ0n) is 10.5. The highest BCUT2D eigenvalue weighted by molar-refractivity contribution is 5.35. The lowest BCUT2D eigenvalue weighted by atomic mass is 10.0. The van der Waals surface area contributed by atoms with Crippen LogP contribution in [0.15, 0.2) is 18.2 Å². The van der Waals surface area contributed by atoms with Gasteiger partial charge in [-0.05, 0) is 38.0 Å². The predicted molar refractivity (Wildman–Crippen MR) is 65.9 cm³/mol. The topological polar surface area (TPSA) is 49.7 Å². The summed E-state index contributed by atoms with van der Waals surface area (Å²) in [6.45, 7) is 1.75. The van der Waals surface area contributed by atoms with E-state index in [-0.39, 0.29) is 6.61 Å². The number of halogens is 1. The number of benzene rings is 1. The van der Waals surface area contributed by atoms with Crippen molar-refractivity contribution in [3.05, 3.63) is 29.6 Å². The molecule has 0 radical (unpaired) electrons. The Balaban J connectivity index is 2.09. The van der Waals surface area contributed by atoms with Crippen molar-refractivity contribution in [2.75, 3.05) is 6.61 Å². The minimum Gasteiger partial charge on any atom is -0.490 e. The summed E-state index contributed by atoms with van der Waals surface area (Å²) in [5.74, 6) is 0.0320. The average molecular weight is 254 g/mol. The van der Waals surface area contributed by atoms with E-state index in [9.17, 15) is 14.6 Å². The van der Waals surface area contributed by atoms with Gasteiger partial charge < -0.3 is 14.9 Å². The van der Waals surface area contributed by atoms with Gasteiger partial charge in [0.15, 0.2) is 0 Å². The van der Waals surface area contributed by atoms with E-state index in [4.69, 9.17) is 4.74 Å². The maximum atomic E-state index is 13.1. The molecule has 4 heteroatoms. The molecule has 0 amide bonds. The van der Waals surface area contributed by atoms with Crippen LogP contribution in [0.4, 0.5) is 4.39 Å². The van der Waals surface area contributed by atoms with Gasteiger partial charge >= 0.3 is 0 Å². The van der Waals surface area contributed by atoms with Gasteiger partial charge in [-0.2, -0.15) is 0 Å². The Morgan fingerprint density at radius 3 is 2.67 bits per heavy atom. The Morgan fingerprint density at radius 2 is 2.06 bits per heavy atom. The largest absolute Gasteiger partial charge is 0.490 e. The van der Waals surface area contributed by atoms with Crippen LogP contribution in [0.3, 0.4) is 0 Å². The Morgan fingerprint density at radius 1 is 1.39 bits per heavy atom. The Kier molecular flexibility index (Phi) is 3.88. The van der Waals surface area contributed by atoms with E-state index in [0.717, 1.165) is 25.7 Å². The fourth-order valence-corrected chi connectivity index (χ4v) is 2.37. The van der Waals surface area contributed by atoms with E-state index in [1.54, 1.807) is 6.92 Å². The molecule has 2 N–H and O–H groups in total. The zero-order chi connectivity index (χ0) is 13.2. The standard InChI is InChI=1S/C14H19FO3/c1-10(16)12-8-11(15)4-5-13(12)18-9-14(17)6-2-3-7-14/h4-5,8,10,16-17H,2-3,6-7,9H2,1H3. The van der Waals surface area contributed by atoms with Crippen molar-refractivity contribution in [3.63, 3.8) is 0 Å². The van der Waals surface area contributed by atoms with Gasteiger partial charge in [-0.1, -0.05) is 12.8 Å². The lowest BCUT2D eigenvalue weighted by Crippen LogP contribution is -2.32. The van der Waals surface area contributed by atoms with E-state index in [1.165, 1.54) is 18.2 Å². The van der Waals surface area contributed by atoms with E-state index in [2.05, 4.69) is 0 Å². The summed E-state index contributed by atoms with van der Waals surface area (Å²) < 4.78 is 18.7. The van der Waals surface area contributed by atoms with Crippen LogP contribution in [0.1, 0.15) is 44.3 Å². The van der Waals surface area contributed by atoms with Crippen LogP contribution in [-0.2, 0) is 0 Å². The average Bonchev–Trinajstić information content (AvgIpc) is 2.75. The van der Waals surface area contributed by atoms with Crippen molar-refractivity contribution in [3.8, 4) is 5.75 Å². The summed E-state index contributed by atoms with van der Waals surface area (Å²) in [6.07, 6.45) is 2.68. The SMILES string of the molecule is CC(O)c1cc(F)ccc1OCC1(O)CCCC1. The molecule has 1 aliphatic carbocycles. The third kappa shape index (κ3) is 3.00. The highest BCUT2D eigenvalue weighted by atomic mass is 19.1. The van der Waals surface area contributed by atoms with Gasteiger partial charge in [0.05, 0.1) is 11.7 Å². The van der Waals surface area contributed by atoms with E-state index in [0.29, 0.717) is 11.3 Å². The summed E-state index contributed by atoms with van der Waals surface area (Å²) in [5, 5.41) is 19.8. The van der Waals surface area contributed by atoms with E-state index in [1.807, 2.05) is 0 Å². The zero-order valence-corrected chi connectivity index (χ0v) is 10.5. The monoisotopic (exact) mass is 254 g/mol. The van der Waals surface area contributed by atoms with Crippen LogP contribution in [-0.4, -0.2) is 22.4 Å². The normalized spacial score (nSPS) is 19.8. The molecule has 0 spiro atoms. The van der Waals surface area contributed by atoms with Crippen molar-refractivity contribution >= 4 is 0 Å². The molecule has 2 rings (SSSR count). The van der Waals surface area contributed by atoms with Crippen molar-refractivity contribution in [2.24, 2.45) is 0 Å². The van der Waals surface area contributed by atoms with E-state index >= 15 is 0 Å². The van der Waals surface area contributed by atoms with Gasteiger partial charge in [-0.15, -0.1) is 0 Å². The second-order valence-electron chi connectivity index (χ2n) is 5.08. The molecule has 100 valence electrons. The number of hydrogen-bond donors (Lipinski definition) is 2. The molecule has 1 atom stereocenters. The lowest BCUT2D eigenvalue weighted by molar-refractivity contribution is 0.000447. The second-order valence-corrected chi connectivity index (χ2v) is 5.08. The second kappa shape index (κ2) is 5.24. The summed E-state index contributed by atoms with van der Waals surface area (Å²) >= 11 is 0. The number of hydrogen-bond acceptors (Lipinski definition) is 3. The van der Waals surface area contributed by atoms with Gasteiger partial charge in [-0.25, -0.2) is 4.39 Å². The van der Waals surface area contributed by atoms with Crippen molar-refractivity contribution in [2.45, 2.75) is 44.3 Å². The van der Waals surface area contributed by atoms with Gasteiger partial charge in [0.1, 0.15) is 18.2 Å².